The number of methoxy groups -OCH3 is 1. The van der Waals surface area contributed by atoms with E-state index in [2.05, 4.69) is 23.6 Å². The van der Waals surface area contributed by atoms with Gasteiger partial charge in [0, 0.05) is 12.1 Å². The van der Waals surface area contributed by atoms with Crippen LogP contribution in [0.1, 0.15) is 26.7 Å². The van der Waals surface area contributed by atoms with Gasteiger partial charge in [-0.3, -0.25) is 0 Å². The number of likely N-dealkylation sites (N-methyl/N-ethyl adjacent to an activating group) is 1. The van der Waals surface area contributed by atoms with Crippen LogP contribution in [-0.4, -0.2) is 38.1 Å². The zero-order valence-corrected chi connectivity index (χ0v) is 9.67. The molecular weight excluding hydrogens is 178 g/mol. The summed E-state index contributed by atoms with van der Waals surface area (Å²) in [6, 6.07) is 0. The molecule has 3 nitrogen and oxygen atoms in total. The number of rotatable bonds is 6. The van der Waals surface area contributed by atoms with Gasteiger partial charge in [0.2, 0.25) is 0 Å². The van der Waals surface area contributed by atoms with Crippen LogP contribution in [0.2, 0.25) is 0 Å². The second-order valence-corrected chi connectivity index (χ2v) is 3.49. The third-order valence-electron chi connectivity index (χ3n) is 2.11. The lowest BCUT2D eigenvalue weighted by Gasteiger charge is -2.13. The predicted octanol–water partition coefficient (Wildman–Crippen LogP) is 1.84. The highest BCUT2D eigenvalue weighted by Gasteiger charge is 2.02. The van der Waals surface area contributed by atoms with Crippen molar-refractivity contribution in [2.45, 2.75) is 26.7 Å². The van der Waals surface area contributed by atoms with Crippen molar-refractivity contribution in [3.8, 4) is 0 Å². The fraction of sp³-hybridized carbons (Fsp3) is 0.727. The van der Waals surface area contributed by atoms with Crippen molar-refractivity contribution in [1.82, 2.24) is 4.90 Å². The Hall–Kier alpha value is -0.830. The number of carbonyl (C=O) groups is 1. The fourth-order valence-corrected chi connectivity index (χ4v) is 1.06. The molecule has 0 aromatic heterocycles. The molecule has 0 bridgehead atoms. The summed E-state index contributed by atoms with van der Waals surface area (Å²) in [5.74, 6) is -0.242. The van der Waals surface area contributed by atoms with Crippen molar-refractivity contribution >= 4 is 5.97 Å². The molecule has 0 unspecified atom stereocenters. The molecule has 0 aliphatic heterocycles. The van der Waals surface area contributed by atoms with Crippen LogP contribution in [0.25, 0.3) is 0 Å². The van der Waals surface area contributed by atoms with E-state index in [1.165, 1.54) is 20.0 Å². The third kappa shape index (κ3) is 5.75. The largest absolute Gasteiger partial charge is 0.466 e. The summed E-state index contributed by atoms with van der Waals surface area (Å²) in [6.07, 6.45) is 4.30. The third-order valence-corrected chi connectivity index (χ3v) is 2.11. The van der Waals surface area contributed by atoms with Crippen LogP contribution in [0.5, 0.6) is 0 Å². The minimum Gasteiger partial charge on any atom is -0.466 e. The number of esters is 1. The Balaban J connectivity index is 3.83. The van der Waals surface area contributed by atoms with E-state index in [-0.39, 0.29) is 5.97 Å². The smallest absolute Gasteiger partial charge is 0.333 e. The van der Waals surface area contributed by atoms with Gasteiger partial charge in [0.15, 0.2) is 0 Å². The highest BCUT2D eigenvalue weighted by Crippen LogP contribution is 1.97. The van der Waals surface area contributed by atoms with Crippen LogP contribution >= 0.6 is 0 Å². The Morgan fingerprint density at radius 1 is 1.50 bits per heavy atom. The van der Waals surface area contributed by atoms with E-state index in [0.717, 1.165) is 13.1 Å². The zero-order chi connectivity index (χ0) is 11.0. The standard InChI is InChI=1S/C11H21NO2/c1-5-6-8-12(3)9-7-10(2)11(13)14-4/h7H,5-6,8-9H2,1-4H3. The first-order valence-electron chi connectivity index (χ1n) is 5.05. The molecular formula is C11H21NO2. The van der Waals surface area contributed by atoms with E-state index in [4.69, 9.17) is 0 Å². The number of hydrogen-bond donors (Lipinski definition) is 0. The van der Waals surface area contributed by atoms with Gasteiger partial charge in [-0.15, -0.1) is 0 Å². The second-order valence-electron chi connectivity index (χ2n) is 3.49. The average molecular weight is 199 g/mol. The molecule has 0 fully saturated rings. The molecule has 0 saturated carbocycles. The first kappa shape index (κ1) is 13.2. The molecule has 0 rings (SSSR count). The molecule has 0 amide bonds. The molecule has 0 radical (unpaired) electrons. The second kappa shape index (κ2) is 7.56. The summed E-state index contributed by atoms with van der Waals surface area (Å²) >= 11 is 0. The van der Waals surface area contributed by atoms with Crippen LogP contribution in [0.3, 0.4) is 0 Å². The molecule has 0 aromatic carbocycles. The predicted molar refractivity (Wildman–Crippen MR) is 58.2 cm³/mol. The van der Waals surface area contributed by atoms with Crippen LogP contribution in [-0.2, 0) is 9.53 Å². The SMILES string of the molecule is CCCCN(C)CC=C(C)C(=O)OC. The molecule has 3 heteroatoms. The number of carbonyl (C=O) groups excluding carboxylic acids is 1. The molecule has 0 saturated heterocycles. The summed E-state index contributed by atoms with van der Waals surface area (Å²) < 4.78 is 4.60. The van der Waals surface area contributed by atoms with Crippen molar-refractivity contribution in [2.75, 3.05) is 27.2 Å². The highest BCUT2D eigenvalue weighted by atomic mass is 16.5. The average Bonchev–Trinajstić information content (AvgIpc) is 2.21. The Bertz CT molecular complexity index is 199. The van der Waals surface area contributed by atoms with Crippen molar-refractivity contribution in [3.63, 3.8) is 0 Å². The number of ether oxygens (including phenoxy) is 1. The Morgan fingerprint density at radius 3 is 2.64 bits per heavy atom. The Morgan fingerprint density at radius 2 is 2.14 bits per heavy atom. The molecule has 0 atom stereocenters. The molecule has 82 valence electrons. The summed E-state index contributed by atoms with van der Waals surface area (Å²) in [5.41, 5.74) is 0.677. The fourth-order valence-electron chi connectivity index (χ4n) is 1.06. The summed E-state index contributed by atoms with van der Waals surface area (Å²) in [5, 5.41) is 0. The zero-order valence-electron chi connectivity index (χ0n) is 9.67. The monoisotopic (exact) mass is 199 g/mol. The van der Waals surface area contributed by atoms with Gasteiger partial charge < -0.3 is 9.64 Å². The molecule has 0 aromatic rings. The minimum atomic E-state index is -0.242. The van der Waals surface area contributed by atoms with Crippen molar-refractivity contribution in [2.24, 2.45) is 0 Å². The van der Waals surface area contributed by atoms with Crippen LogP contribution in [0.4, 0.5) is 0 Å². The van der Waals surface area contributed by atoms with Crippen molar-refractivity contribution < 1.29 is 9.53 Å². The van der Waals surface area contributed by atoms with E-state index in [1.807, 2.05) is 6.08 Å². The van der Waals surface area contributed by atoms with Crippen molar-refractivity contribution in [1.29, 1.82) is 0 Å². The first-order chi connectivity index (χ1) is 6.61. The maximum atomic E-state index is 11.0. The van der Waals surface area contributed by atoms with E-state index in [1.54, 1.807) is 6.92 Å². The number of nitrogens with zero attached hydrogens (tertiary/aromatic N) is 1. The normalized spacial score (nSPS) is 11.9. The lowest BCUT2D eigenvalue weighted by molar-refractivity contribution is -0.136. The van der Waals surface area contributed by atoms with E-state index in [9.17, 15) is 4.79 Å². The van der Waals surface area contributed by atoms with Crippen molar-refractivity contribution in [3.05, 3.63) is 11.6 Å². The van der Waals surface area contributed by atoms with Gasteiger partial charge in [0.1, 0.15) is 0 Å². The van der Waals surface area contributed by atoms with Gasteiger partial charge >= 0.3 is 5.97 Å². The lowest BCUT2D eigenvalue weighted by Crippen LogP contribution is -2.20. The van der Waals surface area contributed by atoms with Gasteiger partial charge in [-0.25, -0.2) is 4.79 Å². The van der Waals surface area contributed by atoms with E-state index >= 15 is 0 Å². The number of unbranched alkanes of at least 4 members (excludes halogenated alkanes) is 1. The summed E-state index contributed by atoms with van der Waals surface area (Å²) in [7, 11) is 3.46. The maximum absolute atomic E-state index is 11.0. The molecule has 14 heavy (non-hydrogen) atoms. The minimum absolute atomic E-state index is 0.242. The molecule has 0 aliphatic carbocycles. The van der Waals surface area contributed by atoms with Gasteiger partial charge in [-0.05, 0) is 26.9 Å². The molecule has 0 spiro atoms. The van der Waals surface area contributed by atoms with Crippen LogP contribution in [0.15, 0.2) is 11.6 Å². The van der Waals surface area contributed by atoms with E-state index < -0.39 is 0 Å². The van der Waals surface area contributed by atoms with Gasteiger partial charge in [-0.1, -0.05) is 19.4 Å². The molecule has 0 N–H and O–H groups in total. The maximum Gasteiger partial charge on any atom is 0.333 e. The molecule has 0 heterocycles. The Labute approximate surface area is 86.7 Å². The first-order valence-corrected chi connectivity index (χ1v) is 5.05. The summed E-state index contributed by atoms with van der Waals surface area (Å²) in [6.45, 7) is 5.82. The van der Waals surface area contributed by atoms with Gasteiger partial charge in [0.25, 0.3) is 0 Å². The van der Waals surface area contributed by atoms with Gasteiger partial charge in [0.05, 0.1) is 7.11 Å². The molecule has 0 aliphatic rings. The van der Waals surface area contributed by atoms with E-state index in [0.29, 0.717) is 5.57 Å². The highest BCUT2D eigenvalue weighted by molar-refractivity contribution is 5.87. The topological polar surface area (TPSA) is 29.5 Å². The quantitative estimate of drug-likeness (QED) is 0.483. The Kier molecular flexibility index (Phi) is 7.11. The lowest BCUT2D eigenvalue weighted by atomic mass is 10.2. The summed E-state index contributed by atoms with van der Waals surface area (Å²) in [4.78, 5) is 13.2. The number of hydrogen-bond acceptors (Lipinski definition) is 3. The van der Waals surface area contributed by atoms with Gasteiger partial charge in [-0.2, -0.15) is 0 Å². The van der Waals surface area contributed by atoms with Crippen LogP contribution in [0, 0.1) is 0 Å². The van der Waals surface area contributed by atoms with Crippen LogP contribution < -0.4 is 0 Å².